The zero-order valence-corrected chi connectivity index (χ0v) is 10.4. The Morgan fingerprint density at radius 2 is 0.500 bits per heavy atom. The van der Waals surface area contributed by atoms with Gasteiger partial charge in [0.05, 0.1) is 0 Å². The maximum Gasteiger partial charge on any atom is 3.00 e. The van der Waals surface area contributed by atoms with E-state index in [1.54, 1.807) is 0 Å². The monoisotopic (exact) mass is 497 g/mol. The molecule has 33 valence electrons. The van der Waals surface area contributed by atoms with Crippen LogP contribution in [0.25, 0.3) is 0 Å². The fourth-order valence-corrected chi connectivity index (χ4v) is 0. The Morgan fingerprint density at radius 3 is 0.500 bits per heavy atom. The summed E-state index contributed by atoms with van der Waals surface area (Å²) in [5.74, 6) is 0. The van der Waals surface area contributed by atoms with Crippen molar-refractivity contribution in [1.82, 2.24) is 0 Å². The van der Waals surface area contributed by atoms with Gasteiger partial charge >= 0.3 is 52.4 Å². The van der Waals surface area contributed by atoms with Crippen molar-refractivity contribution >= 4 is 62.3 Å². The van der Waals surface area contributed by atoms with Gasteiger partial charge in [0.2, 0.25) is 0 Å². The summed E-state index contributed by atoms with van der Waals surface area (Å²) in [5.41, 5.74) is 0. The van der Waals surface area contributed by atoms with Gasteiger partial charge in [0, 0.05) is 9.90 Å². The molecule has 0 bridgehead atoms. The summed E-state index contributed by atoms with van der Waals surface area (Å²) in [6, 6.07) is 0. The largest absolute Gasteiger partial charge is 3.00 e. The van der Waals surface area contributed by atoms with E-state index in [0.29, 0.717) is 0 Å². The summed E-state index contributed by atoms with van der Waals surface area (Å²) in [6.07, 6.45) is 0. The van der Waals surface area contributed by atoms with Crippen LogP contribution in [0.5, 0.6) is 0 Å². The summed E-state index contributed by atoms with van der Waals surface area (Å²) in [6.45, 7) is 0. The summed E-state index contributed by atoms with van der Waals surface area (Å²) in [4.78, 5) is 0. The van der Waals surface area contributed by atoms with Crippen LogP contribution in [-0.4, -0.2) is 52.4 Å². The van der Waals surface area contributed by atoms with Crippen molar-refractivity contribution in [1.29, 1.82) is 0 Å². The third kappa shape index (κ3) is 36.3. The van der Waals surface area contributed by atoms with E-state index in [2.05, 4.69) is 0 Å². The number of rotatable bonds is 0. The van der Waals surface area contributed by atoms with Gasteiger partial charge in [-0.25, -0.2) is 0 Å². The van der Waals surface area contributed by atoms with Gasteiger partial charge in [-0.2, -0.15) is 0 Å². The van der Waals surface area contributed by atoms with Crippen LogP contribution < -0.4 is 0 Å². The van der Waals surface area contributed by atoms with E-state index >= 15 is 0 Å². The Labute approximate surface area is 78.1 Å². The Hall–Kier alpha value is 2.08. The molecule has 6 heavy (non-hydrogen) atoms. The third-order valence-electron chi connectivity index (χ3n) is 0. The SMILES string of the molecule is [Bi+3].[Bi+3].[O-2].[O-2].[O-2].[P]. The first-order chi connectivity index (χ1) is 0. The molecule has 0 saturated heterocycles. The summed E-state index contributed by atoms with van der Waals surface area (Å²) in [5, 5.41) is 0. The van der Waals surface area contributed by atoms with E-state index in [9.17, 15) is 0 Å². The minimum atomic E-state index is 0. The molecule has 0 atom stereocenters. The van der Waals surface area contributed by atoms with Crippen molar-refractivity contribution in [2.45, 2.75) is 0 Å². The van der Waals surface area contributed by atoms with Crippen LogP contribution in [0.2, 0.25) is 0 Å². The first-order valence-electron chi connectivity index (χ1n) is 0. The van der Waals surface area contributed by atoms with Crippen molar-refractivity contribution in [2.24, 2.45) is 0 Å². The molecule has 6 heteroatoms. The van der Waals surface area contributed by atoms with E-state index in [1.807, 2.05) is 0 Å². The quantitative estimate of drug-likeness (QED) is 0.327. The maximum absolute atomic E-state index is 0. The molecule has 0 amide bonds. The van der Waals surface area contributed by atoms with Crippen molar-refractivity contribution in [2.75, 3.05) is 0 Å². The number of hydrogen-bond donors (Lipinski definition) is 0. The van der Waals surface area contributed by atoms with Crippen LogP contribution in [0.15, 0.2) is 0 Å². The van der Waals surface area contributed by atoms with Crippen LogP contribution in [0.1, 0.15) is 0 Å². The van der Waals surface area contributed by atoms with E-state index in [-0.39, 0.29) is 78.7 Å². The van der Waals surface area contributed by atoms with Gasteiger partial charge in [-0.15, -0.1) is 0 Å². The second-order valence-electron chi connectivity index (χ2n) is 0. The molecule has 0 N–H and O–H groups in total. The summed E-state index contributed by atoms with van der Waals surface area (Å²) < 4.78 is 0. The molecule has 0 rings (SSSR count). The molecule has 0 aliphatic rings. The Kier molecular flexibility index (Phi) is 948. The second kappa shape index (κ2) is 60.6. The minimum Gasteiger partial charge on any atom is -2.00 e. The molecular formula is Bi2O3P. The van der Waals surface area contributed by atoms with Crippen molar-refractivity contribution in [3.63, 3.8) is 0 Å². The van der Waals surface area contributed by atoms with Gasteiger partial charge < -0.3 is 16.4 Å². The molecule has 0 unspecified atom stereocenters. The average molecular weight is 497 g/mol. The molecule has 0 aromatic heterocycles. The minimum absolute atomic E-state index is 0. The zero-order valence-electron chi connectivity index (χ0n) is 2.57. The molecule has 0 fully saturated rings. The first kappa shape index (κ1) is 93.8. The number of hydrogen-bond acceptors (Lipinski definition) is 0. The molecule has 7 radical (unpaired) electrons. The molecule has 0 aliphatic heterocycles. The Bertz CT molecular complexity index is 8.75. The van der Waals surface area contributed by atoms with Gasteiger partial charge in [-0.1, -0.05) is 0 Å². The van der Waals surface area contributed by atoms with Gasteiger partial charge in [0.1, 0.15) is 0 Å². The molecule has 0 aromatic rings. The fraction of sp³-hybridized carbons (Fsp3) is 0. The van der Waals surface area contributed by atoms with Crippen molar-refractivity contribution in [3.05, 3.63) is 0 Å². The van der Waals surface area contributed by atoms with Gasteiger partial charge in [-0.05, 0) is 0 Å². The van der Waals surface area contributed by atoms with E-state index in [4.69, 9.17) is 0 Å². The van der Waals surface area contributed by atoms with E-state index < -0.39 is 0 Å². The second-order valence-corrected chi connectivity index (χ2v) is 0. The summed E-state index contributed by atoms with van der Waals surface area (Å²) >= 11 is 0. The Balaban J connectivity index is 0. The normalized spacial score (nSPS) is 0. The smallest absolute Gasteiger partial charge is 2.00 e. The standard InChI is InChI=1S/2Bi.3O.P/q2*+3;3*-2;. The van der Waals surface area contributed by atoms with Crippen LogP contribution >= 0.6 is 9.90 Å². The molecular weight excluding hydrogens is 497 g/mol. The Morgan fingerprint density at radius 1 is 0.500 bits per heavy atom. The molecule has 0 aliphatic carbocycles. The third-order valence-corrected chi connectivity index (χ3v) is 0. The van der Waals surface area contributed by atoms with Crippen LogP contribution in [0, 0.1) is 0 Å². The van der Waals surface area contributed by atoms with Crippen LogP contribution in [-0.2, 0) is 16.4 Å². The fourth-order valence-electron chi connectivity index (χ4n) is 0. The topological polar surface area (TPSA) is 85.5 Å². The van der Waals surface area contributed by atoms with Crippen molar-refractivity contribution < 1.29 is 16.4 Å². The molecule has 0 heterocycles. The maximum atomic E-state index is 0. The van der Waals surface area contributed by atoms with E-state index in [1.165, 1.54) is 0 Å². The zero-order chi connectivity index (χ0) is 0. The van der Waals surface area contributed by atoms with E-state index in [0.717, 1.165) is 0 Å². The van der Waals surface area contributed by atoms with Crippen molar-refractivity contribution in [3.8, 4) is 0 Å². The predicted molar refractivity (Wildman–Crippen MR) is 20.5 cm³/mol. The van der Waals surface area contributed by atoms with Crippen LogP contribution in [0.3, 0.4) is 0 Å². The molecule has 0 saturated carbocycles. The molecule has 0 spiro atoms. The van der Waals surface area contributed by atoms with Gasteiger partial charge in [-0.3, -0.25) is 0 Å². The predicted octanol–water partition coefficient (Wildman–Crippen LogP) is -0.257. The molecule has 3 nitrogen and oxygen atoms in total. The van der Waals surface area contributed by atoms with Gasteiger partial charge in [0.15, 0.2) is 0 Å². The summed E-state index contributed by atoms with van der Waals surface area (Å²) in [7, 11) is 0. The van der Waals surface area contributed by atoms with Crippen LogP contribution in [0.4, 0.5) is 0 Å². The molecule has 0 aromatic carbocycles. The average Bonchev–Trinajstić information content (AvgIpc) is 0. The first-order valence-corrected chi connectivity index (χ1v) is 0. The van der Waals surface area contributed by atoms with Gasteiger partial charge in [0.25, 0.3) is 0 Å².